The first-order valence-electron chi connectivity index (χ1n) is 10.1. The number of ether oxygens (including phenoxy) is 1. The van der Waals surface area contributed by atoms with Gasteiger partial charge in [0.1, 0.15) is 5.75 Å². The Hall–Kier alpha value is -1.55. The normalized spacial score (nSPS) is 13.5. The van der Waals surface area contributed by atoms with Gasteiger partial charge in [-0.25, -0.2) is 0 Å². The second-order valence-electron chi connectivity index (χ2n) is 9.48. The van der Waals surface area contributed by atoms with Crippen molar-refractivity contribution >= 4 is 5.97 Å². The summed E-state index contributed by atoms with van der Waals surface area (Å²) in [6, 6.07) is 3.96. The lowest BCUT2D eigenvalue weighted by Gasteiger charge is -2.28. The molecule has 4 nitrogen and oxygen atoms in total. The Bertz CT molecular complexity index is 585. The van der Waals surface area contributed by atoms with Crippen molar-refractivity contribution in [2.45, 2.75) is 104 Å². The van der Waals surface area contributed by atoms with Gasteiger partial charge < -0.3 is 14.9 Å². The Morgan fingerprint density at radius 2 is 1.56 bits per heavy atom. The van der Waals surface area contributed by atoms with Gasteiger partial charge in [0.2, 0.25) is 6.29 Å². The Balaban J connectivity index is 2.87. The number of aliphatic hydroxyl groups is 1. The summed E-state index contributed by atoms with van der Waals surface area (Å²) >= 11 is 0. The SMILES string of the molecule is CCCCCC(O)OC(=O)CCc1cc(C(C)(C)C)c(O)c(C(C)(C)C)c1. The molecule has 0 radical (unpaired) electrons. The van der Waals surface area contributed by atoms with E-state index in [9.17, 15) is 15.0 Å². The third-order valence-corrected chi connectivity index (χ3v) is 4.73. The number of benzene rings is 1. The molecule has 1 rings (SSSR count). The van der Waals surface area contributed by atoms with Crippen molar-refractivity contribution < 1.29 is 19.7 Å². The number of carbonyl (C=O) groups is 1. The van der Waals surface area contributed by atoms with Crippen molar-refractivity contribution in [3.63, 3.8) is 0 Å². The second-order valence-corrected chi connectivity index (χ2v) is 9.48. The van der Waals surface area contributed by atoms with Crippen LogP contribution in [0.1, 0.15) is 97.3 Å². The van der Waals surface area contributed by atoms with Crippen LogP contribution in [0.5, 0.6) is 5.75 Å². The number of phenolic OH excluding ortho intramolecular Hbond substituents is 1. The van der Waals surface area contributed by atoms with E-state index in [-0.39, 0.29) is 23.2 Å². The van der Waals surface area contributed by atoms with E-state index in [1.54, 1.807) is 0 Å². The first-order valence-corrected chi connectivity index (χ1v) is 10.1. The van der Waals surface area contributed by atoms with Crippen molar-refractivity contribution in [2.24, 2.45) is 0 Å². The maximum absolute atomic E-state index is 12.1. The molecule has 1 unspecified atom stereocenters. The fraction of sp³-hybridized carbons (Fsp3) is 0.696. The minimum Gasteiger partial charge on any atom is -0.507 e. The van der Waals surface area contributed by atoms with Crippen LogP contribution in [0.2, 0.25) is 0 Å². The van der Waals surface area contributed by atoms with Crippen LogP contribution in [0.4, 0.5) is 0 Å². The summed E-state index contributed by atoms with van der Waals surface area (Å²) in [4.78, 5) is 12.1. The van der Waals surface area contributed by atoms with E-state index in [2.05, 4.69) is 48.5 Å². The van der Waals surface area contributed by atoms with Gasteiger partial charge in [0.15, 0.2) is 0 Å². The molecule has 2 N–H and O–H groups in total. The smallest absolute Gasteiger partial charge is 0.308 e. The Kier molecular flexibility index (Phi) is 8.34. The summed E-state index contributed by atoms with van der Waals surface area (Å²) in [5.41, 5.74) is 2.38. The second kappa shape index (κ2) is 9.59. The molecule has 0 spiro atoms. The topological polar surface area (TPSA) is 66.8 Å². The third-order valence-electron chi connectivity index (χ3n) is 4.73. The first-order chi connectivity index (χ1) is 12.4. The molecule has 1 atom stereocenters. The van der Waals surface area contributed by atoms with E-state index in [1.807, 2.05) is 12.1 Å². The van der Waals surface area contributed by atoms with E-state index in [4.69, 9.17) is 4.74 Å². The largest absolute Gasteiger partial charge is 0.507 e. The summed E-state index contributed by atoms with van der Waals surface area (Å²) in [7, 11) is 0. The summed E-state index contributed by atoms with van der Waals surface area (Å²) < 4.78 is 5.10. The molecule has 0 aliphatic heterocycles. The maximum Gasteiger partial charge on any atom is 0.308 e. The van der Waals surface area contributed by atoms with E-state index in [0.717, 1.165) is 36.0 Å². The van der Waals surface area contributed by atoms with E-state index >= 15 is 0 Å². The average Bonchev–Trinajstić information content (AvgIpc) is 2.51. The lowest BCUT2D eigenvalue weighted by molar-refractivity contribution is -0.168. The molecule has 0 fully saturated rings. The molecule has 0 saturated carbocycles. The van der Waals surface area contributed by atoms with Crippen LogP contribution in [-0.4, -0.2) is 22.5 Å². The van der Waals surface area contributed by atoms with E-state index in [1.165, 1.54) is 0 Å². The Morgan fingerprint density at radius 1 is 1.04 bits per heavy atom. The number of carbonyl (C=O) groups excluding carboxylic acids is 1. The lowest BCUT2D eigenvalue weighted by atomic mass is 9.78. The van der Waals surface area contributed by atoms with Gasteiger partial charge in [-0.3, -0.25) is 4.79 Å². The summed E-state index contributed by atoms with van der Waals surface area (Å²) in [5.74, 6) is -0.0469. The van der Waals surface area contributed by atoms with Gasteiger partial charge in [0.05, 0.1) is 0 Å². The predicted octanol–water partition coefficient (Wildman–Crippen LogP) is 5.36. The van der Waals surface area contributed by atoms with Crippen molar-refractivity contribution in [3.8, 4) is 5.75 Å². The lowest BCUT2D eigenvalue weighted by Crippen LogP contribution is -2.19. The third kappa shape index (κ3) is 7.53. The zero-order valence-corrected chi connectivity index (χ0v) is 18.2. The van der Waals surface area contributed by atoms with Crippen LogP contribution in [0, 0.1) is 0 Å². The number of aromatic hydroxyl groups is 1. The number of rotatable bonds is 8. The molecule has 27 heavy (non-hydrogen) atoms. The van der Waals surface area contributed by atoms with Gasteiger partial charge in [0.25, 0.3) is 0 Å². The molecular weight excluding hydrogens is 340 g/mol. The molecule has 0 aliphatic carbocycles. The highest BCUT2D eigenvalue weighted by Gasteiger charge is 2.26. The van der Waals surface area contributed by atoms with Crippen molar-refractivity contribution in [1.82, 2.24) is 0 Å². The fourth-order valence-corrected chi connectivity index (χ4v) is 3.07. The number of hydrogen-bond donors (Lipinski definition) is 2. The highest BCUT2D eigenvalue weighted by atomic mass is 16.6. The van der Waals surface area contributed by atoms with Crippen molar-refractivity contribution in [2.75, 3.05) is 0 Å². The van der Waals surface area contributed by atoms with E-state index in [0.29, 0.717) is 18.6 Å². The summed E-state index contributed by atoms with van der Waals surface area (Å²) in [6.45, 7) is 14.5. The van der Waals surface area contributed by atoms with Gasteiger partial charge in [-0.1, -0.05) is 73.4 Å². The molecule has 0 saturated heterocycles. The number of phenols is 1. The summed E-state index contributed by atoms with van der Waals surface area (Å²) in [5, 5.41) is 20.6. The summed E-state index contributed by atoms with van der Waals surface area (Å²) in [6.07, 6.45) is 3.14. The Labute approximate surface area is 164 Å². The quantitative estimate of drug-likeness (QED) is 0.363. The van der Waals surface area contributed by atoms with Gasteiger partial charge in [-0.2, -0.15) is 0 Å². The molecule has 0 aliphatic rings. The number of hydrogen-bond acceptors (Lipinski definition) is 4. The molecule has 0 heterocycles. The molecule has 0 bridgehead atoms. The van der Waals surface area contributed by atoms with Gasteiger partial charge >= 0.3 is 5.97 Å². The van der Waals surface area contributed by atoms with E-state index < -0.39 is 6.29 Å². The maximum atomic E-state index is 12.1. The molecule has 1 aromatic carbocycles. The molecule has 154 valence electrons. The first kappa shape index (κ1) is 23.5. The predicted molar refractivity (Wildman–Crippen MR) is 110 cm³/mol. The van der Waals surface area contributed by atoms with Gasteiger partial charge in [0, 0.05) is 12.8 Å². The van der Waals surface area contributed by atoms with Crippen molar-refractivity contribution in [3.05, 3.63) is 28.8 Å². The zero-order valence-electron chi connectivity index (χ0n) is 18.2. The number of aryl methyl sites for hydroxylation is 1. The van der Waals surface area contributed by atoms with Crippen LogP contribution in [0.25, 0.3) is 0 Å². The molecule has 0 amide bonds. The average molecular weight is 379 g/mol. The monoisotopic (exact) mass is 378 g/mol. The molecule has 1 aromatic rings. The van der Waals surface area contributed by atoms with Gasteiger partial charge in [-0.15, -0.1) is 0 Å². The van der Waals surface area contributed by atoms with Crippen LogP contribution < -0.4 is 0 Å². The number of aliphatic hydroxyl groups excluding tert-OH is 1. The standard InChI is InChI=1S/C23H38O4/c1-8-9-10-11-19(24)27-20(25)13-12-16-14-17(22(2,3)4)21(26)18(15-16)23(5,6)7/h14-15,19,24,26H,8-13H2,1-7H3. The van der Waals surface area contributed by atoms with Crippen LogP contribution in [-0.2, 0) is 26.8 Å². The highest BCUT2D eigenvalue weighted by molar-refractivity contribution is 5.70. The fourth-order valence-electron chi connectivity index (χ4n) is 3.07. The molecular formula is C23H38O4. The van der Waals surface area contributed by atoms with Gasteiger partial charge in [-0.05, 0) is 40.4 Å². The minimum absolute atomic E-state index is 0.198. The molecule has 0 aromatic heterocycles. The zero-order chi connectivity index (χ0) is 20.8. The van der Waals surface area contributed by atoms with Crippen LogP contribution in [0.15, 0.2) is 12.1 Å². The minimum atomic E-state index is -1.01. The number of unbranched alkanes of at least 4 members (excludes halogenated alkanes) is 2. The Morgan fingerprint density at radius 3 is 2.00 bits per heavy atom. The molecule has 4 heteroatoms. The van der Waals surface area contributed by atoms with Crippen LogP contribution in [0.3, 0.4) is 0 Å². The van der Waals surface area contributed by atoms with Crippen molar-refractivity contribution in [1.29, 1.82) is 0 Å². The highest BCUT2D eigenvalue weighted by Crippen LogP contribution is 2.40. The number of esters is 1. The van der Waals surface area contributed by atoms with Crippen LogP contribution >= 0.6 is 0 Å².